The monoisotopic (exact) mass is 135 g/mol. The van der Waals surface area contributed by atoms with Crippen molar-refractivity contribution in [3.63, 3.8) is 0 Å². The molecular weight excluding hydrogens is 120 g/mol. The van der Waals surface area contributed by atoms with E-state index in [9.17, 15) is 0 Å². The second kappa shape index (κ2) is 2.94. The second-order valence-electron chi connectivity index (χ2n) is 3.77. The summed E-state index contributed by atoms with van der Waals surface area (Å²) in [6.45, 7) is 6.77. The molecule has 5 radical (unpaired) electrons. The van der Waals surface area contributed by atoms with Crippen LogP contribution in [0.5, 0.6) is 0 Å². The summed E-state index contributed by atoms with van der Waals surface area (Å²) in [6.07, 6.45) is 9.78. The zero-order valence-corrected chi connectivity index (χ0v) is 7.02. The van der Waals surface area contributed by atoms with Crippen LogP contribution in [0.15, 0.2) is 0 Å². The molecule has 0 nitrogen and oxygen atoms in total. The third-order valence-electron chi connectivity index (χ3n) is 1.85. The van der Waals surface area contributed by atoms with Crippen LogP contribution in [0.25, 0.3) is 0 Å². The highest BCUT2D eigenvalue weighted by atomic mass is 14.3. The van der Waals surface area contributed by atoms with Crippen molar-refractivity contribution in [2.24, 2.45) is 5.41 Å². The van der Waals surface area contributed by atoms with E-state index in [0.717, 1.165) is 6.42 Å². The van der Waals surface area contributed by atoms with E-state index in [0.29, 0.717) is 5.41 Å². The van der Waals surface area contributed by atoms with Gasteiger partial charge in [-0.25, -0.2) is 0 Å². The van der Waals surface area contributed by atoms with Gasteiger partial charge in [0.1, 0.15) is 0 Å². The summed E-state index contributed by atoms with van der Waals surface area (Å²) in [5.41, 5.74) is 0.348. The smallest absolute Gasteiger partial charge is 0.0147 e. The molecule has 0 unspecified atom stereocenters. The highest BCUT2D eigenvalue weighted by molar-refractivity contribution is 5.28. The molecule has 10 heavy (non-hydrogen) atoms. The van der Waals surface area contributed by atoms with Crippen LogP contribution >= 0.6 is 0 Å². The summed E-state index contributed by atoms with van der Waals surface area (Å²) in [4.78, 5) is 0. The van der Waals surface area contributed by atoms with E-state index in [1.165, 1.54) is 5.92 Å². The standard InChI is InChI=1S/C10H15/c1-10(2,3)9-7-5-4-6-8-9/h4-7H,8H2,1-3H3. The molecule has 1 rings (SSSR count). The number of rotatable bonds is 0. The zero-order valence-electron chi connectivity index (χ0n) is 7.02. The molecule has 0 aromatic carbocycles. The lowest BCUT2D eigenvalue weighted by Crippen LogP contribution is -2.21. The van der Waals surface area contributed by atoms with Crippen LogP contribution < -0.4 is 0 Å². The highest BCUT2D eigenvalue weighted by Gasteiger charge is 2.26. The molecule has 0 saturated heterocycles. The fourth-order valence-corrected chi connectivity index (χ4v) is 1.07. The van der Waals surface area contributed by atoms with E-state index in [4.69, 9.17) is 0 Å². The topological polar surface area (TPSA) is 0 Å². The van der Waals surface area contributed by atoms with Crippen molar-refractivity contribution in [2.45, 2.75) is 27.2 Å². The Bertz CT molecular complexity index is 91.1. The van der Waals surface area contributed by atoms with Crippen LogP contribution in [-0.2, 0) is 0 Å². The maximum atomic E-state index is 2.26. The van der Waals surface area contributed by atoms with Gasteiger partial charge in [-0.15, -0.1) is 0 Å². The SMILES string of the molecule is CC(C)(C)[C]1[CH][CH][CH][CH]C1. The first kappa shape index (κ1) is 8.10. The van der Waals surface area contributed by atoms with Crippen molar-refractivity contribution in [3.8, 4) is 0 Å². The molecule has 0 heterocycles. The van der Waals surface area contributed by atoms with Crippen LogP contribution in [0.2, 0.25) is 0 Å². The van der Waals surface area contributed by atoms with Crippen molar-refractivity contribution in [2.75, 3.05) is 0 Å². The van der Waals surface area contributed by atoms with Crippen molar-refractivity contribution < 1.29 is 0 Å². The summed E-state index contributed by atoms with van der Waals surface area (Å²) in [5, 5.41) is 0. The molecule has 0 aliphatic heterocycles. The van der Waals surface area contributed by atoms with E-state index >= 15 is 0 Å². The van der Waals surface area contributed by atoms with Crippen LogP contribution in [0, 0.1) is 37.0 Å². The Labute approximate surface area is 65.0 Å². The molecule has 1 fully saturated rings. The predicted octanol–water partition coefficient (Wildman–Crippen LogP) is 2.83. The average Bonchev–Trinajstić information content (AvgIpc) is 1.88. The maximum Gasteiger partial charge on any atom is -0.0147 e. The molecule has 0 aromatic heterocycles. The largest absolute Gasteiger partial charge is 0.0596 e. The Hall–Kier alpha value is 0. The minimum atomic E-state index is 0.348. The minimum absolute atomic E-state index is 0.348. The van der Waals surface area contributed by atoms with Crippen molar-refractivity contribution in [3.05, 3.63) is 31.6 Å². The number of hydrogen-bond acceptors (Lipinski definition) is 0. The predicted molar refractivity (Wildman–Crippen MR) is 44.5 cm³/mol. The van der Waals surface area contributed by atoms with Gasteiger partial charge in [-0.1, -0.05) is 20.8 Å². The highest BCUT2D eigenvalue weighted by Crippen LogP contribution is 2.37. The number of hydrogen-bond donors (Lipinski definition) is 0. The molecule has 55 valence electrons. The van der Waals surface area contributed by atoms with Crippen LogP contribution in [-0.4, -0.2) is 0 Å². The molecule has 0 aromatic rings. The molecule has 0 N–H and O–H groups in total. The van der Waals surface area contributed by atoms with Gasteiger partial charge in [0.25, 0.3) is 0 Å². The summed E-state index contributed by atoms with van der Waals surface area (Å²) in [7, 11) is 0. The molecule has 1 aliphatic rings. The van der Waals surface area contributed by atoms with Gasteiger partial charge in [-0.2, -0.15) is 0 Å². The van der Waals surface area contributed by atoms with Crippen molar-refractivity contribution in [1.29, 1.82) is 0 Å². The lowest BCUT2D eigenvalue weighted by molar-refractivity contribution is 0.426. The molecule has 0 spiro atoms. The van der Waals surface area contributed by atoms with Gasteiger partial charge in [-0.05, 0) is 43.4 Å². The van der Waals surface area contributed by atoms with Crippen LogP contribution in [0.1, 0.15) is 27.2 Å². The molecular formula is C10H15. The van der Waals surface area contributed by atoms with Gasteiger partial charge in [-0.3, -0.25) is 0 Å². The van der Waals surface area contributed by atoms with E-state index in [1.54, 1.807) is 0 Å². The average molecular weight is 135 g/mol. The lowest BCUT2D eigenvalue weighted by Gasteiger charge is -2.32. The van der Waals surface area contributed by atoms with Gasteiger partial charge in [0.2, 0.25) is 0 Å². The third kappa shape index (κ3) is 2.00. The Morgan fingerprint density at radius 1 is 1.20 bits per heavy atom. The Kier molecular flexibility index (Phi) is 2.38. The van der Waals surface area contributed by atoms with Crippen LogP contribution in [0.3, 0.4) is 0 Å². The van der Waals surface area contributed by atoms with Gasteiger partial charge in [0.05, 0.1) is 0 Å². The molecule has 1 saturated carbocycles. The molecule has 0 atom stereocenters. The molecule has 0 bridgehead atoms. The fourth-order valence-electron chi connectivity index (χ4n) is 1.07. The summed E-state index contributed by atoms with van der Waals surface area (Å²) in [5.74, 6) is 1.52. The van der Waals surface area contributed by atoms with Crippen molar-refractivity contribution in [1.82, 2.24) is 0 Å². The van der Waals surface area contributed by atoms with E-state index in [1.807, 2.05) is 0 Å². The fraction of sp³-hybridized carbons (Fsp3) is 0.500. The third-order valence-corrected chi connectivity index (χ3v) is 1.85. The summed E-state index contributed by atoms with van der Waals surface area (Å²) < 4.78 is 0. The molecule has 0 heteroatoms. The van der Waals surface area contributed by atoms with Crippen LogP contribution in [0.4, 0.5) is 0 Å². The Balaban J connectivity index is 2.39. The first-order valence-corrected chi connectivity index (χ1v) is 3.80. The van der Waals surface area contributed by atoms with Gasteiger partial charge >= 0.3 is 0 Å². The molecule has 0 amide bonds. The van der Waals surface area contributed by atoms with Gasteiger partial charge in [0, 0.05) is 0 Å². The first-order valence-electron chi connectivity index (χ1n) is 3.80. The second-order valence-corrected chi connectivity index (χ2v) is 3.77. The zero-order chi connectivity index (χ0) is 7.61. The summed E-state index contributed by atoms with van der Waals surface area (Å²) in [6, 6.07) is 0. The van der Waals surface area contributed by atoms with E-state index in [-0.39, 0.29) is 0 Å². The van der Waals surface area contributed by atoms with Gasteiger partial charge < -0.3 is 0 Å². The Morgan fingerprint density at radius 2 is 1.90 bits per heavy atom. The maximum absolute atomic E-state index is 2.26. The first-order chi connectivity index (χ1) is 4.61. The van der Waals surface area contributed by atoms with Gasteiger partial charge in [0.15, 0.2) is 0 Å². The minimum Gasteiger partial charge on any atom is -0.0596 e. The van der Waals surface area contributed by atoms with Crippen molar-refractivity contribution >= 4 is 0 Å². The van der Waals surface area contributed by atoms with E-state index in [2.05, 4.69) is 46.5 Å². The lowest BCUT2D eigenvalue weighted by atomic mass is 9.72. The normalized spacial score (nSPS) is 23.1. The molecule has 1 aliphatic carbocycles. The van der Waals surface area contributed by atoms with E-state index < -0.39 is 0 Å². The quantitative estimate of drug-likeness (QED) is 0.479. The Morgan fingerprint density at radius 3 is 2.20 bits per heavy atom. The summed E-state index contributed by atoms with van der Waals surface area (Å²) >= 11 is 0.